The summed E-state index contributed by atoms with van der Waals surface area (Å²) in [5.74, 6) is 0.508. The molecule has 0 radical (unpaired) electrons. The average molecular weight is 255 g/mol. The van der Waals surface area contributed by atoms with Gasteiger partial charge in [0.05, 0.1) is 18.5 Å². The van der Waals surface area contributed by atoms with E-state index in [4.69, 9.17) is 11.0 Å². The summed E-state index contributed by atoms with van der Waals surface area (Å²) >= 11 is 0. The number of hydrogen-bond acceptors (Lipinski definition) is 6. The molecule has 0 saturated heterocycles. The molecule has 0 saturated carbocycles. The number of nitrogens with one attached hydrogen (secondary N) is 1. The second kappa shape index (κ2) is 5.80. The van der Waals surface area contributed by atoms with Gasteiger partial charge in [-0.15, -0.1) is 0 Å². The quantitative estimate of drug-likeness (QED) is 0.705. The van der Waals surface area contributed by atoms with E-state index in [9.17, 15) is 5.11 Å². The molecule has 0 bridgehead atoms. The Kier molecular flexibility index (Phi) is 3.90. The second-order valence-electron chi connectivity index (χ2n) is 3.96. The van der Waals surface area contributed by atoms with Gasteiger partial charge in [0.15, 0.2) is 5.69 Å². The van der Waals surface area contributed by atoms with Crippen molar-refractivity contribution >= 4 is 11.5 Å². The van der Waals surface area contributed by atoms with Crippen LogP contribution in [-0.2, 0) is 0 Å². The Morgan fingerprint density at radius 3 is 2.58 bits per heavy atom. The van der Waals surface area contributed by atoms with Gasteiger partial charge in [-0.2, -0.15) is 5.26 Å². The van der Waals surface area contributed by atoms with Crippen LogP contribution in [0.2, 0.25) is 0 Å². The van der Waals surface area contributed by atoms with Crippen molar-refractivity contribution < 1.29 is 5.11 Å². The summed E-state index contributed by atoms with van der Waals surface area (Å²) in [7, 11) is 0. The minimum absolute atomic E-state index is 0.254. The van der Waals surface area contributed by atoms with E-state index in [2.05, 4.69) is 15.3 Å². The van der Waals surface area contributed by atoms with Crippen LogP contribution in [0, 0.1) is 11.3 Å². The number of aliphatic hydroxyl groups is 1. The maximum Gasteiger partial charge on any atom is 0.158 e. The number of benzene rings is 1. The molecule has 1 atom stereocenters. The van der Waals surface area contributed by atoms with Crippen molar-refractivity contribution in [3.63, 3.8) is 0 Å². The van der Waals surface area contributed by atoms with Crippen molar-refractivity contribution in [3.05, 3.63) is 47.9 Å². The van der Waals surface area contributed by atoms with Crippen molar-refractivity contribution in [2.24, 2.45) is 0 Å². The molecule has 2 aromatic rings. The van der Waals surface area contributed by atoms with E-state index in [0.29, 0.717) is 18.1 Å². The fourth-order valence-corrected chi connectivity index (χ4v) is 1.51. The highest BCUT2D eigenvalue weighted by Crippen LogP contribution is 2.15. The van der Waals surface area contributed by atoms with E-state index in [1.54, 1.807) is 24.3 Å². The first kappa shape index (κ1) is 12.8. The lowest BCUT2D eigenvalue weighted by Gasteiger charge is -2.12. The first-order valence-electron chi connectivity index (χ1n) is 5.68. The molecule has 0 aliphatic rings. The van der Waals surface area contributed by atoms with E-state index in [1.165, 1.54) is 12.4 Å². The van der Waals surface area contributed by atoms with Crippen LogP contribution in [0.25, 0.3) is 0 Å². The maximum absolute atomic E-state index is 9.97. The molecule has 0 amide bonds. The van der Waals surface area contributed by atoms with Crippen molar-refractivity contribution in [1.29, 1.82) is 5.26 Å². The van der Waals surface area contributed by atoms with E-state index in [1.807, 2.05) is 6.07 Å². The highest BCUT2D eigenvalue weighted by molar-refractivity contribution is 5.40. The smallest absolute Gasteiger partial charge is 0.158 e. The lowest BCUT2D eigenvalue weighted by atomic mass is 10.1. The van der Waals surface area contributed by atoms with Crippen LogP contribution in [0.5, 0.6) is 0 Å². The number of aromatic nitrogens is 2. The molecular weight excluding hydrogens is 242 g/mol. The molecule has 0 aliphatic carbocycles. The molecule has 1 heterocycles. The molecule has 0 fully saturated rings. The standard InChI is InChI=1S/C13H13N5O/c14-5-11-6-17-13(8-16-11)18-7-12(19)9-1-3-10(15)4-2-9/h1-4,6,8,12,19H,7,15H2,(H,17,18). The van der Waals surface area contributed by atoms with E-state index < -0.39 is 6.10 Å². The Morgan fingerprint density at radius 2 is 2.00 bits per heavy atom. The van der Waals surface area contributed by atoms with Gasteiger partial charge >= 0.3 is 0 Å². The highest BCUT2D eigenvalue weighted by Gasteiger charge is 2.07. The zero-order valence-electron chi connectivity index (χ0n) is 10.1. The maximum atomic E-state index is 9.97. The van der Waals surface area contributed by atoms with Crippen molar-refractivity contribution in [2.75, 3.05) is 17.6 Å². The number of nitrogens with two attached hydrogens (primary N) is 1. The van der Waals surface area contributed by atoms with Gasteiger partial charge in [-0.05, 0) is 17.7 Å². The Morgan fingerprint density at radius 1 is 1.26 bits per heavy atom. The van der Waals surface area contributed by atoms with Gasteiger partial charge in [0.2, 0.25) is 0 Å². The number of rotatable bonds is 4. The first-order chi connectivity index (χ1) is 9.19. The third kappa shape index (κ3) is 3.40. The fourth-order valence-electron chi connectivity index (χ4n) is 1.51. The number of anilines is 2. The first-order valence-corrected chi connectivity index (χ1v) is 5.68. The summed E-state index contributed by atoms with van der Waals surface area (Å²) < 4.78 is 0. The van der Waals surface area contributed by atoms with Crippen LogP contribution >= 0.6 is 0 Å². The van der Waals surface area contributed by atoms with E-state index in [-0.39, 0.29) is 5.69 Å². The number of nitrogen functional groups attached to an aromatic ring is 1. The lowest BCUT2D eigenvalue weighted by Crippen LogP contribution is -2.13. The third-order valence-electron chi connectivity index (χ3n) is 2.56. The Balaban J connectivity index is 1.94. The summed E-state index contributed by atoms with van der Waals surface area (Å²) in [5.41, 5.74) is 7.25. The lowest BCUT2D eigenvalue weighted by molar-refractivity contribution is 0.191. The molecule has 2 rings (SSSR count). The van der Waals surface area contributed by atoms with E-state index in [0.717, 1.165) is 5.56 Å². The van der Waals surface area contributed by atoms with Crippen molar-refractivity contribution in [3.8, 4) is 6.07 Å². The molecule has 0 spiro atoms. The second-order valence-corrected chi connectivity index (χ2v) is 3.96. The van der Waals surface area contributed by atoms with Crippen molar-refractivity contribution in [1.82, 2.24) is 9.97 Å². The summed E-state index contributed by atoms with van der Waals surface area (Å²) in [5, 5.41) is 21.5. The van der Waals surface area contributed by atoms with Crippen LogP contribution in [0.15, 0.2) is 36.7 Å². The van der Waals surface area contributed by atoms with Gasteiger partial charge in [0, 0.05) is 12.2 Å². The van der Waals surface area contributed by atoms with Crippen LogP contribution < -0.4 is 11.1 Å². The number of hydrogen-bond donors (Lipinski definition) is 3. The predicted octanol–water partition coefficient (Wildman–Crippen LogP) is 1.08. The molecule has 1 unspecified atom stereocenters. The molecule has 6 heteroatoms. The largest absolute Gasteiger partial charge is 0.399 e. The minimum atomic E-state index is -0.668. The molecule has 1 aromatic carbocycles. The normalized spacial score (nSPS) is 11.6. The minimum Gasteiger partial charge on any atom is -0.399 e. The summed E-state index contributed by atoms with van der Waals surface area (Å²) in [6.45, 7) is 0.296. The molecule has 19 heavy (non-hydrogen) atoms. The molecule has 1 aromatic heterocycles. The SMILES string of the molecule is N#Cc1cnc(NCC(O)c2ccc(N)cc2)cn1. The molecule has 4 N–H and O–H groups in total. The number of aliphatic hydroxyl groups excluding tert-OH is 1. The number of nitrogens with zero attached hydrogens (tertiary/aromatic N) is 3. The zero-order chi connectivity index (χ0) is 13.7. The van der Waals surface area contributed by atoms with Gasteiger partial charge in [-0.1, -0.05) is 12.1 Å². The molecular formula is C13H13N5O. The van der Waals surface area contributed by atoms with Gasteiger partial charge in [0.25, 0.3) is 0 Å². The van der Waals surface area contributed by atoms with Crippen LogP contribution in [-0.4, -0.2) is 21.6 Å². The van der Waals surface area contributed by atoms with Crippen molar-refractivity contribution in [2.45, 2.75) is 6.10 Å². The summed E-state index contributed by atoms with van der Waals surface area (Å²) in [6.07, 6.45) is 2.16. The molecule has 0 aliphatic heterocycles. The number of nitriles is 1. The summed E-state index contributed by atoms with van der Waals surface area (Å²) in [6, 6.07) is 8.90. The van der Waals surface area contributed by atoms with Crippen LogP contribution in [0.4, 0.5) is 11.5 Å². The van der Waals surface area contributed by atoms with Gasteiger partial charge in [0.1, 0.15) is 11.9 Å². The zero-order valence-corrected chi connectivity index (χ0v) is 10.1. The predicted molar refractivity (Wildman–Crippen MR) is 71.1 cm³/mol. The average Bonchev–Trinajstić information content (AvgIpc) is 2.46. The highest BCUT2D eigenvalue weighted by atomic mass is 16.3. The third-order valence-corrected chi connectivity index (χ3v) is 2.56. The molecule has 96 valence electrons. The van der Waals surface area contributed by atoms with Gasteiger partial charge < -0.3 is 16.2 Å². The van der Waals surface area contributed by atoms with Crippen LogP contribution in [0.1, 0.15) is 17.4 Å². The van der Waals surface area contributed by atoms with Gasteiger partial charge in [-0.3, -0.25) is 0 Å². The Bertz CT molecular complexity index is 573. The topological polar surface area (TPSA) is 108 Å². The Labute approximate surface area is 110 Å². The Hall–Kier alpha value is -2.65. The summed E-state index contributed by atoms with van der Waals surface area (Å²) in [4.78, 5) is 7.88. The van der Waals surface area contributed by atoms with E-state index >= 15 is 0 Å². The van der Waals surface area contributed by atoms with Crippen LogP contribution in [0.3, 0.4) is 0 Å². The fraction of sp³-hybridized carbons (Fsp3) is 0.154. The monoisotopic (exact) mass is 255 g/mol. The molecule has 6 nitrogen and oxygen atoms in total. The van der Waals surface area contributed by atoms with Gasteiger partial charge in [-0.25, -0.2) is 9.97 Å².